The minimum absolute atomic E-state index is 1.18. The number of hydrogen-bond acceptors (Lipinski definition) is 1. The van der Waals surface area contributed by atoms with Crippen LogP contribution in [0.4, 0.5) is 0 Å². The summed E-state index contributed by atoms with van der Waals surface area (Å²) in [6, 6.07) is 6.40. The summed E-state index contributed by atoms with van der Waals surface area (Å²) in [4.78, 5) is 1.33. The Bertz CT molecular complexity index is 468. The van der Waals surface area contributed by atoms with Gasteiger partial charge in [0.25, 0.3) is 0 Å². The maximum Gasteiger partial charge on any atom is 0.0390 e. The van der Waals surface area contributed by atoms with Crippen LogP contribution in [0.5, 0.6) is 0 Å². The average Bonchev–Trinajstić information content (AvgIpc) is 2.42. The fraction of sp³-hybridized carbons (Fsp3) is 0.0909. The molecule has 0 saturated carbocycles. The highest BCUT2D eigenvalue weighted by Crippen LogP contribution is 2.35. The molecule has 0 amide bonds. The van der Waals surface area contributed by atoms with Gasteiger partial charge in [0.05, 0.1) is 0 Å². The zero-order valence-electron chi connectivity index (χ0n) is 7.30. The highest BCUT2D eigenvalue weighted by Gasteiger charge is 2.05. The fourth-order valence-corrected chi connectivity index (χ4v) is 3.06. The molecule has 1 heterocycles. The van der Waals surface area contributed by atoms with Gasteiger partial charge in [-0.15, -0.1) is 11.3 Å². The van der Waals surface area contributed by atoms with E-state index in [9.17, 15) is 0 Å². The molecule has 0 aliphatic carbocycles. The van der Waals surface area contributed by atoms with Crippen molar-refractivity contribution in [3.63, 3.8) is 0 Å². The maximum atomic E-state index is 3.76. The molecule has 0 aliphatic heterocycles. The smallest absolute Gasteiger partial charge is 0.0390 e. The van der Waals surface area contributed by atoms with Crippen LogP contribution < -0.4 is 0 Å². The molecule has 1 aromatic carbocycles. The van der Waals surface area contributed by atoms with Gasteiger partial charge in [-0.3, -0.25) is 0 Å². The van der Waals surface area contributed by atoms with E-state index in [0.29, 0.717) is 0 Å². The van der Waals surface area contributed by atoms with Gasteiger partial charge in [0.15, 0.2) is 0 Å². The van der Waals surface area contributed by atoms with Gasteiger partial charge in [-0.1, -0.05) is 24.8 Å². The van der Waals surface area contributed by atoms with Gasteiger partial charge in [-0.05, 0) is 34.5 Å². The second-order valence-electron chi connectivity index (χ2n) is 2.93. The van der Waals surface area contributed by atoms with Crippen molar-refractivity contribution in [2.24, 2.45) is 0 Å². The number of hydrogen-bond donors (Lipinski definition) is 0. The topological polar surface area (TPSA) is 0 Å². The van der Waals surface area contributed by atoms with Gasteiger partial charge in [0, 0.05) is 19.4 Å². The third-order valence-corrected chi connectivity index (χ3v) is 4.40. The van der Waals surface area contributed by atoms with Crippen molar-refractivity contribution in [3.8, 4) is 0 Å². The SMILES string of the molecule is C=Cc1ccc2c(Br)c(C)sc2c1. The minimum Gasteiger partial charge on any atom is -0.139 e. The lowest BCUT2D eigenvalue weighted by molar-refractivity contribution is 1.61. The van der Waals surface area contributed by atoms with Gasteiger partial charge >= 0.3 is 0 Å². The van der Waals surface area contributed by atoms with Crippen LogP contribution in [0.1, 0.15) is 10.4 Å². The van der Waals surface area contributed by atoms with Gasteiger partial charge < -0.3 is 0 Å². The molecule has 2 rings (SSSR count). The van der Waals surface area contributed by atoms with E-state index in [2.05, 4.69) is 47.6 Å². The summed E-state index contributed by atoms with van der Waals surface area (Å²) in [5.41, 5.74) is 1.18. The second kappa shape index (κ2) is 3.28. The lowest BCUT2D eigenvalue weighted by atomic mass is 10.2. The largest absolute Gasteiger partial charge is 0.139 e. The first-order chi connectivity index (χ1) is 6.22. The van der Waals surface area contributed by atoms with E-state index in [-0.39, 0.29) is 0 Å². The van der Waals surface area contributed by atoms with Crippen molar-refractivity contribution in [2.75, 3.05) is 0 Å². The van der Waals surface area contributed by atoms with Crippen molar-refractivity contribution in [3.05, 3.63) is 39.7 Å². The molecule has 0 atom stereocenters. The molecule has 2 aromatic rings. The Morgan fingerprint density at radius 2 is 2.23 bits per heavy atom. The Hall–Kier alpha value is -0.600. The molecule has 0 bridgehead atoms. The highest BCUT2D eigenvalue weighted by molar-refractivity contribution is 9.10. The summed E-state index contributed by atoms with van der Waals surface area (Å²) in [6.45, 7) is 5.89. The molecule has 0 nitrogen and oxygen atoms in total. The van der Waals surface area contributed by atoms with Crippen LogP contribution in [0, 0.1) is 6.92 Å². The monoisotopic (exact) mass is 252 g/mol. The Labute approximate surface area is 90.0 Å². The molecule has 0 spiro atoms. The summed E-state index contributed by atoms with van der Waals surface area (Å²) in [5.74, 6) is 0. The van der Waals surface area contributed by atoms with Crippen molar-refractivity contribution in [1.29, 1.82) is 0 Å². The number of fused-ring (bicyclic) bond motifs is 1. The van der Waals surface area contributed by atoms with Crippen molar-refractivity contribution in [1.82, 2.24) is 0 Å². The number of rotatable bonds is 1. The van der Waals surface area contributed by atoms with Gasteiger partial charge in [-0.25, -0.2) is 0 Å². The van der Waals surface area contributed by atoms with E-state index in [1.165, 1.54) is 25.0 Å². The Kier molecular flexibility index (Phi) is 2.26. The number of aryl methyl sites for hydroxylation is 1. The molecule has 0 unspecified atom stereocenters. The molecule has 1 aromatic heterocycles. The van der Waals surface area contributed by atoms with E-state index < -0.39 is 0 Å². The van der Waals surface area contributed by atoms with Crippen LogP contribution in [0.15, 0.2) is 29.3 Å². The molecule has 0 radical (unpaired) electrons. The Morgan fingerprint density at radius 1 is 1.46 bits per heavy atom. The van der Waals surface area contributed by atoms with Crippen LogP contribution >= 0.6 is 27.3 Å². The number of halogens is 1. The summed E-state index contributed by atoms with van der Waals surface area (Å²) in [7, 11) is 0. The third kappa shape index (κ3) is 1.45. The van der Waals surface area contributed by atoms with Crippen LogP contribution in [0.2, 0.25) is 0 Å². The van der Waals surface area contributed by atoms with Crippen LogP contribution in [-0.4, -0.2) is 0 Å². The minimum atomic E-state index is 1.18. The first-order valence-corrected chi connectivity index (χ1v) is 5.64. The molecule has 13 heavy (non-hydrogen) atoms. The van der Waals surface area contributed by atoms with E-state index >= 15 is 0 Å². The van der Waals surface area contributed by atoms with E-state index in [1.807, 2.05) is 17.4 Å². The lowest BCUT2D eigenvalue weighted by Crippen LogP contribution is -1.69. The average molecular weight is 253 g/mol. The van der Waals surface area contributed by atoms with Gasteiger partial charge in [0.2, 0.25) is 0 Å². The van der Waals surface area contributed by atoms with Crippen molar-refractivity contribution in [2.45, 2.75) is 6.92 Å². The van der Waals surface area contributed by atoms with Crippen molar-refractivity contribution < 1.29 is 0 Å². The Morgan fingerprint density at radius 3 is 2.92 bits per heavy atom. The first-order valence-electron chi connectivity index (χ1n) is 4.03. The normalized spacial score (nSPS) is 10.6. The molecule has 0 saturated heterocycles. The van der Waals surface area contributed by atoms with Gasteiger partial charge in [0.1, 0.15) is 0 Å². The number of thiophene rings is 1. The standard InChI is InChI=1S/C11H9BrS/c1-3-8-4-5-9-10(6-8)13-7(2)11(9)12/h3-6H,1H2,2H3. The zero-order valence-corrected chi connectivity index (χ0v) is 9.71. The summed E-state index contributed by atoms with van der Waals surface area (Å²) < 4.78 is 2.55. The molecule has 66 valence electrons. The van der Waals surface area contributed by atoms with Crippen LogP contribution in [0.25, 0.3) is 16.2 Å². The van der Waals surface area contributed by atoms with E-state index in [1.54, 1.807) is 0 Å². The molecule has 0 N–H and O–H groups in total. The van der Waals surface area contributed by atoms with Crippen LogP contribution in [0.3, 0.4) is 0 Å². The highest BCUT2D eigenvalue weighted by atomic mass is 79.9. The quantitative estimate of drug-likeness (QED) is 0.695. The summed E-state index contributed by atoms with van der Waals surface area (Å²) in [6.07, 6.45) is 1.88. The van der Waals surface area contributed by atoms with Crippen LogP contribution in [-0.2, 0) is 0 Å². The Balaban J connectivity index is 2.79. The summed E-state index contributed by atoms with van der Waals surface area (Å²) >= 11 is 5.40. The molecular weight excluding hydrogens is 244 g/mol. The lowest BCUT2D eigenvalue weighted by Gasteiger charge is -1.93. The van der Waals surface area contributed by atoms with Crippen molar-refractivity contribution >= 4 is 43.4 Å². The molecule has 2 heteroatoms. The molecular formula is C11H9BrS. The predicted octanol–water partition coefficient (Wildman–Crippen LogP) is 4.62. The maximum absolute atomic E-state index is 3.76. The van der Waals surface area contributed by atoms with E-state index in [0.717, 1.165) is 0 Å². The zero-order chi connectivity index (χ0) is 9.42. The number of benzene rings is 1. The van der Waals surface area contributed by atoms with Gasteiger partial charge in [-0.2, -0.15) is 0 Å². The fourth-order valence-electron chi connectivity index (χ4n) is 1.33. The molecule has 0 fully saturated rings. The van der Waals surface area contributed by atoms with E-state index in [4.69, 9.17) is 0 Å². The summed E-state index contributed by atoms with van der Waals surface area (Å²) in [5, 5.41) is 1.30. The molecule has 0 aliphatic rings. The second-order valence-corrected chi connectivity index (χ2v) is 4.98. The first kappa shape index (κ1) is 8.97. The third-order valence-electron chi connectivity index (χ3n) is 2.05. The predicted molar refractivity (Wildman–Crippen MR) is 64.4 cm³/mol.